The van der Waals surface area contributed by atoms with Gasteiger partial charge in [-0.3, -0.25) is 4.79 Å². The van der Waals surface area contributed by atoms with Gasteiger partial charge in [0.1, 0.15) is 0 Å². The van der Waals surface area contributed by atoms with E-state index in [1.54, 1.807) is 0 Å². The third-order valence-corrected chi connectivity index (χ3v) is 4.75. The van der Waals surface area contributed by atoms with Crippen molar-refractivity contribution in [2.75, 3.05) is 6.54 Å². The molecule has 0 bridgehead atoms. The van der Waals surface area contributed by atoms with Gasteiger partial charge >= 0.3 is 0 Å². The molecule has 4 nitrogen and oxygen atoms in total. The highest BCUT2D eigenvalue weighted by Gasteiger charge is 2.32. The van der Waals surface area contributed by atoms with Gasteiger partial charge in [-0.15, -0.1) is 12.3 Å². The van der Waals surface area contributed by atoms with E-state index in [0.29, 0.717) is 13.0 Å². The Morgan fingerprint density at radius 1 is 0.962 bits per heavy atom. The molecule has 0 radical (unpaired) electrons. The molecule has 0 atom stereocenters. The number of nitrogens with one attached hydrogen (secondary N) is 1. The van der Waals surface area contributed by atoms with Crippen LogP contribution in [0.1, 0.15) is 96.8 Å². The van der Waals surface area contributed by atoms with E-state index in [2.05, 4.69) is 33.6 Å². The Balaban J connectivity index is 1.75. The molecule has 0 aromatic carbocycles. The Morgan fingerprint density at radius 3 is 2.15 bits per heavy atom. The Kier molecular flexibility index (Phi) is 12.5. The summed E-state index contributed by atoms with van der Waals surface area (Å²) in [6.07, 6.45) is 25.6. The quantitative estimate of drug-likeness (QED) is 0.195. The van der Waals surface area contributed by atoms with E-state index >= 15 is 0 Å². The molecule has 1 heterocycles. The second-order valence-corrected chi connectivity index (χ2v) is 7.45. The fourth-order valence-electron chi connectivity index (χ4n) is 2.87. The summed E-state index contributed by atoms with van der Waals surface area (Å²) in [4.78, 5) is 11.7. The fraction of sp³-hybridized carbons (Fsp3) is 0.773. The zero-order valence-electron chi connectivity index (χ0n) is 16.6. The van der Waals surface area contributed by atoms with Gasteiger partial charge in [0.25, 0.3) is 0 Å². The zero-order valence-corrected chi connectivity index (χ0v) is 16.6. The Labute approximate surface area is 160 Å². The van der Waals surface area contributed by atoms with Crippen LogP contribution in [0.3, 0.4) is 0 Å². The summed E-state index contributed by atoms with van der Waals surface area (Å²) in [5.41, 5.74) is -0.204. The van der Waals surface area contributed by atoms with Crippen molar-refractivity contribution in [3.05, 3.63) is 12.2 Å². The number of allylic oxidation sites excluding steroid dienone is 2. The SMILES string of the molecule is C#CCCCCCCC=CCCCCCCCC(=O)NCCC1(C)N=N1. The van der Waals surface area contributed by atoms with Crippen LogP contribution in [0.15, 0.2) is 22.4 Å². The molecule has 0 saturated carbocycles. The van der Waals surface area contributed by atoms with E-state index in [9.17, 15) is 4.79 Å². The van der Waals surface area contributed by atoms with Crippen LogP contribution in [0.5, 0.6) is 0 Å². The van der Waals surface area contributed by atoms with Crippen molar-refractivity contribution >= 4 is 5.91 Å². The Hall–Kier alpha value is -1.63. The van der Waals surface area contributed by atoms with Gasteiger partial charge in [-0.05, 0) is 45.4 Å². The third-order valence-electron chi connectivity index (χ3n) is 4.75. The molecule has 1 amide bonds. The monoisotopic (exact) mass is 359 g/mol. The summed E-state index contributed by atoms with van der Waals surface area (Å²) in [7, 11) is 0. The first-order valence-corrected chi connectivity index (χ1v) is 10.5. The van der Waals surface area contributed by atoms with Gasteiger partial charge in [0, 0.05) is 25.8 Å². The van der Waals surface area contributed by atoms with Gasteiger partial charge < -0.3 is 5.32 Å². The highest BCUT2D eigenvalue weighted by molar-refractivity contribution is 5.75. The number of hydrogen-bond donors (Lipinski definition) is 1. The molecule has 1 N–H and O–H groups in total. The number of hydrogen-bond acceptors (Lipinski definition) is 3. The molecule has 4 heteroatoms. The lowest BCUT2D eigenvalue weighted by Crippen LogP contribution is -2.26. The van der Waals surface area contributed by atoms with Crippen LogP contribution >= 0.6 is 0 Å². The van der Waals surface area contributed by atoms with Crippen molar-refractivity contribution in [1.29, 1.82) is 0 Å². The molecule has 0 spiro atoms. The van der Waals surface area contributed by atoms with E-state index in [-0.39, 0.29) is 11.6 Å². The van der Waals surface area contributed by atoms with Crippen molar-refractivity contribution in [2.45, 2.75) is 102 Å². The molecule has 0 saturated heterocycles. The molecule has 146 valence electrons. The van der Waals surface area contributed by atoms with Crippen LogP contribution in [0.4, 0.5) is 0 Å². The number of unbranched alkanes of at least 4 members (excludes halogenated alkanes) is 10. The minimum Gasteiger partial charge on any atom is -0.356 e. The smallest absolute Gasteiger partial charge is 0.219 e. The molecule has 0 aromatic rings. The molecule has 26 heavy (non-hydrogen) atoms. The maximum atomic E-state index is 11.7. The lowest BCUT2D eigenvalue weighted by molar-refractivity contribution is -0.121. The lowest BCUT2D eigenvalue weighted by atomic mass is 10.1. The number of terminal acetylenes is 1. The summed E-state index contributed by atoms with van der Waals surface area (Å²) < 4.78 is 0. The first kappa shape index (κ1) is 22.4. The van der Waals surface area contributed by atoms with Crippen molar-refractivity contribution in [3.8, 4) is 12.3 Å². The van der Waals surface area contributed by atoms with Gasteiger partial charge in [-0.25, -0.2) is 0 Å². The third kappa shape index (κ3) is 13.6. The zero-order chi connectivity index (χ0) is 18.9. The second-order valence-electron chi connectivity index (χ2n) is 7.45. The number of carbonyl (C=O) groups is 1. The topological polar surface area (TPSA) is 53.8 Å². The molecule has 1 aliphatic heterocycles. The van der Waals surface area contributed by atoms with Crippen LogP contribution in [0, 0.1) is 12.3 Å². The van der Waals surface area contributed by atoms with Crippen LogP contribution in [0.2, 0.25) is 0 Å². The van der Waals surface area contributed by atoms with E-state index in [0.717, 1.165) is 25.7 Å². The Bertz CT molecular complexity index is 470. The van der Waals surface area contributed by atoms with Gasteiger partial charge in [0.05, 0.1) is 0 Å². The van der Waals surface area contributed by atoms with E-state index in [1.165, 1.54) is 57.8 Å². The molecular weight excluding hydrogens is 322 g/mol. The summed E-state index contributed by atoms with van der Waals surface area (Å²) in [5, 5.41) is 10.8. The largest absolute Gasteiger partial charge is 0.356 e. The Morgan fingerprint density at radius 2 is 1.54 bits per heavy atom. The van der Waals surface area contributed by atoms with E-state index < -0.39 is 0 Å². The van der Waals surface area contributed by atoms with Gasteiger partial charge in [-0.1, -0.05) is 44.3 Å². The highest BCUT2D eigenvalue weighted by atomic mass is 16.1. The summed E-state index contributed by atoms with van der Waals surface area (Å²) in [6.45, 7) is 2.66. The molecule has 0 fully saturated rings. The van der Waals surface area contributed by atoms with Crippen molar-refractivity contribution in [3.63, 3.8) is 0 Å². The van der Waals surface area contributed by atoms with Crippen LogP contribution in [-0.2, 0) is 4.79 Å². The normalized spacial score (nSPS) is 14.5. The van der Waals surface area contributed by atoms with Crippen molar-refractivity contribution in [2.24, 2.45) is 10.2 Å². The van der Waals surface area contributed by atoms with E-state index in [4.69, 9.17) is 6.42 Å². The molecule has 0 aromatic heterocycles. The summed E-state index contributed by atoms with van der Waals surface area (Å²) in [5.74, 6) is 2.85. The minimum atomic E-state index is -0.204. The highest BCUT2D eigenvalue weighted by Crippen LogP contribution is 2.29. The number of nitrogens with zero attached hydrogens (tertiary/aromatic N) is 2. The predicted octanol–water partition coefficient (Wildman–Crippen LogP) is 5.94. The van der Waals surface area contributed by atoms with Crippen molar-refractivity contribution in [1.82, 2.24) is 5.32 Å². The maximum absolute atomic E-state index is 11.7. The molecule has 0 aliphatic carbocycles. The van der Waals surface area contributed by atoms with Gasteiger partial charge in [0.15, 0.2) is 5.66 Å². The van der Waals surface area contributed by atoms with Gasteiger partial charge in [-0.2, -0.15) is 10.2 Å². The molecule has 1 aliphatic rings. The molecular formula is C22H37N3O. The van der Waals surface area contributed by atoms with Crippen LogP contribution < -0.4 is 5.32 Å². The van der Waals surface area contributed by atoms with E-state index in [1.807, 2.05) is 6.92 Å². The lowest BCUT2D eigenvalue weighted by Gasteiger charge is -2.06. The first-order valence-electron chi connectivity index (χ1n) is 10.5. The predicted molar refractivity (Wildman–Crippen MR) is 109 cm³/mol. The molecule has 1 rings (SSSR count). The second kappa shape index (κ2) is 14.5. The number of rotatable bonds is 17. The number of amides is 1. The van der Waals surface area contributed by atoms with Crippen LogP contribution in [0.25, 0.3) is 0 Å². The van der Waals surface area contributed by atoms with Crippen molar-refractivity contribution < 1.29 is 4.79 Å². The van der Waals surface area contributed by atoms with Gasteiger partial charge in [0.2, 0.25) is 5.91 Å². The van der Waals surface area contributed by atoms with Crippen LogP contribution in [-0.4, -0.2) is 18.1 Å². The maximum Gasteiger partial charge on any atom is 0.219 e. The first-order chi connectivity index (χ1) is 12.7. The standard InChI is InChI=1S/C22H37N3O/c1-3-4-5-6-7-8-9-10-11-12-13-14-15-16-17-18-21(26)23-20-19-22(2)24-25-22/h1,10-11H,4-9,12-20H2,2H3,(H,23,26). The fourth-order valence-corrected chi connectivity index (χ4v) is 2.87. The number of carbonyl (C=O) groups excluding carboxylic acids is 1. The average Bonchev–Trinajstić information content (AvgIpc) is 3.35. The average molecular weight is 360 g/mol. The summed E-state index contributed by atoms with van der Waals surface area (Å²) >= 11 is 0. The molecule has 0 unspecified atom stereocenters. The summed E-state index contributed by atoms with van der Waals surface area (Å²) in [6, 6.07) is 0. The minimum absolute atomic E-state index is 0.163.